The molecule has 4 aromatic rings. The zero-order valence-corrected chi connectivity index (χ0v) is 26.0. The Bertz CT molecular complexity index is 1950. The number of allylic oxidation sites excluding steroid dienone is 1. The number of hydrogen-bond donors (Lipinski definition) is 0. The Balaban J connectivity index is 1.41. The van der Waals surface area contributed by atoms with Crippen LogP contribution in [0.1, 0.15) is 60.3 Å². The predicted octanol–water partition coefficient (Wildman–Crippen LogP) is 5.60. The molecule has 0 saturated carbocycles. The van der Waals surface area contributed by atoms with Gasteiger partial charge < -0.3 is 37.6 Å². The van der Waals surface area contributed by atoms with E-state index in [0.717, 1.165) is 0 Å². The molecule has 0 unspecified atom stereocenters. The maximum atomic E-state index is 13.6. The van der Waals surface area contributed by atoms with Gasteiger partial charge in [-0.1, -0.05) is 0 Å². The number of ketones is 1. The largest absolute Gasteiger partial charge is 0.496 e. The average Bonchev–Trinajstić information content (AvgIpc) is 3.71. The molecule has 1 atom stereocenters. The second-order valence-electron chi connectivity index (χ2n) is 10.5. The topological polar surface area (TPSA) is 146 Å². The molecule has 47 heavy (non-hydrogen) atoms. The number of methoxy groups -OCH3 is 5. The van der Waals surface area contributed by atoms with Crippen molar-refractivity contribution >= 4 is 29.8 Å². The van der Waals surface area contributed by atoms with Gasteiger partial charge in [0.25, 0.3) is 0 Å². The van der Waals surface area contributed by atoms with E-state index in [-0.39, 0.29) is 46.2 Å². The van der Waals surface area contributed by atoms with Crippen molar-refractivity contribution in [3.05, 3.63) is 93.9 Å². The molecular formula is C35H28O12. The first-order valence-corrected chi connectivity index (χ1v) is 14.2. The molecule has 3 heterocycles. The van der Waals surface area contributed by atoms with Crippen LogP contribution in [0.5, 0.6) is 28.7 Å². The van der Waals surface area contributed by atoms with Gasteiger partial charge in [0.15, 0.2) is 17.3 Å². The molecule has 0 spiro atoms. The van der Waals surface area contributed by atoms with Gasteiger partial charge in [0.2, 0.25) is 5.78 Å². The van der Waals surface area contributed by atoms with E-state index in [0.29, 0.717) is 45.5 Å². The van der Waals surface area contributed by atoms with Gasteiger partial charge in [-0.2, -0.15) is 0 Å². The summed E-state index contributed by atoms with van der Waals surface area (Å²) in [6, 6.07) is 14.1. The van der Waals surface area contributed by atoms with Gasteiger partial charge in [0.05, 0.1) is 64.6 Å². The fourth-order valence-electron chi connectivity index (χ4n) is 5.59. The lowest BCUT2D eigenvalue weighted by Gasteiger charge is -2.24. The van der Waals surface area contributed by atoms with Crippen molar-refractivity contribution < 1.29 is 56.8 Å². The number of ether oxygens (including phenoxy) is 7. The molecule has 6 rings (SSSR count). The third kappa shape index (κ3) is 5.54. The van der Waals surface area contributed by atoms with Crippen LogP contribution in [-0.2, 0) is 14.3 Å². The summed E-state index contributed by atoms with van der Waals surface area (Å²) in [4.78, 5) is 51.0. The Morgan fingerprint density at radius 3 is 2.06 bits per heavy atom. The molecule has 0 N–H and O–H groups in total. The lowest BCUT2D eigenvalue weighted by molar-refractivity contribution is -0.135. The molecule has 12 heteroatoms. The molecule has 2 aliphatic rings. The SMILES string of the molecule is COC(=O)c1cc(C(=O)OC)cc(-c2ccc([C@@H]3CC(=O)Oc4ccc5c(c43)O/C(=C\c3cc(OC)c(OC)cc3OC)C5=O)o2)c1. The zero-order valence-electron chi connectivity index (χ0n) is 26.0. The number of fused-ring (bicyclic) bond motifs is 3. The minimum Gasteiger partial charge on any atom is -0.496 e. The van der Waals surface area contributed by atoms with Crippen LogP contribution in [0.15, 0.2) is 64.8 Å². The zero-order chi connectivity index (χ0) is 33.4. The molecular weight excluding hydrogens is 612 g/mol. The summed E-state index contributed by atoms with van der Waals surface area (Å²) in [6.45, 7) is 0. The minimum atomic E-state index is -0.693. The van der Waals surface area contributed by atoms with E-state index in [4.69, 9.17) is 37.6 Å². The number of carbonyl (C=O) groups excluding carboxylic acids is 4. The van der Waals surface area contributed by atoms with Crippen LogP contribution < -0.4 is 23.7 Å². The smallest absolute Gasteiger partial charge is 0.337 e. The fraction of sp³-hybridized carbons (Fsp3) is 0.200. The van der Waals surface area contributed by atoms with Crippen LogP contribution in [0, 0.1) is 0 Å². The molecule has 3 aromatic carbocycles. The van der Waals surface area contributed by atoms with Gasteiger partial charge in [-0.05, 0) is 54.6 Å². The van der Waals surface area contributed by atoms with E-state index in [2.05, 4.69) is 0 Å². The Kier molecular flexibility index (Phi) is 8.16. The minimum absolute atomic E-state index is 0.0182. The van der Waals surface area contributed by atoms with E-state index in [1.54, 1.807) is 36.4 Å². The molecule has 2 aliphatic heterocycles. The van der Waals surface area contributed by atoms with Gasteiger partial charge in [-0.15, -0.1) is 0 Å². The molecule has 0 fully saturated rings. The van der Waals surface area contributed by atoms with Gasteiger partial charge >= 0.3 is 17.9 Å². The van der Waals surface area contributed by atoms with Crippen LogP contribution in [0.25, 0.3) is 17.4 Å². The van der Waals surface area contributed by atoms with E-state index >= 15 is 0 Å². The van der Waals surface area contributed by atoms with Crippen molar-refractivity contribution in [3.8, 4) is 40.1 Å². The summed E-state index contributed by atoms with van der Waals surface area (Å²) < 4.78 is 43.9. The standard InChI is InChI=1S/C35H28O12/c1-40-26-16-28(42-3)27(41-2)13-18(26)14-29-32(37)21-6-7-25-31(33(21)47-29)22(15-30(36)46-25)24-9-8-23(45-24)17-10-19(34(38)43-4)12-20(11-17)35(39)44-5/h6-14,16,22H,15H2,1-5H3/b29-14-/t22-/m0/s1. The Morgan fingerprint density at radius 2 is 1.43 bits per heavy atom. The van der Waals surface area contributed by atoms with Crippen molar-refractivity contribution in [3.63, 3.8) is 0 Å². The predicted molar refractivity (Wildman–Crippen MR) is 164 cm³/mol. The summed E-state index contributed by atoms with van der Waals surface area (Å²) in [5, 5.41) is 0. The highest BCUT2D eigenvalue weighted by molar-refractivity contribution is 6.15. The fourth-order valence-corrected chi connectivity index (χ4v) is 5.59. The first-order valence-electron chi connectivity index (χ1n) is 14.2. The van der Waals surface area contributed by atoms with E-state index in [9.17, 15) is 19.2 Å². The van der Waals surface area contributed by atoms with Gasteiger partial charge in [0.1, 0.15) is 28.8 Å². The van der Waals surface area contributed by atoms with Crippen LogP contribution in [0.2, 0.25) is 0 Å². The Morgan fingerprint density at radius 1 is 0.766 bits per heavy atom. The highest BCUT2D eigenvalue weighted by atomic mass is 16.5. The van der Waals surface area contributed by atoms with E-state index < -0.39 is 23.8 Å². The van der Waals surface area contributed by atoms with Crippen molar-refractivity contribution in [1.82, 2.24) is 0 Å². The van der Waals surface area contributed by atoms with Gasteiger partial charge in [0, 0.05) is 22.8 Å². The number of esters is 3. The monoisotopic (exact) mass is 640 g/mol. The molecule has 0 aliphatic carbocycles. The molecule has 0 amide bonds. The summed E-state index contributed by atoms with van der Waals surface area (Å²) in [7, 11) is 6.95. The maximum absolute atomic E-state index is 13.6. The number of Topliss-reactive ketones (excluding diaryl/α,β-unsaturated/α-hetero) is 1. The molecule has 240 valence electrons. The second-order valence-corrected chi connectivity index (χ2v) is 10.5. The quantitative estimate of drug-likeness (QED) is 0.134. The Hall–Kier alpha value is -6.04. The Labute approximate surface area is 268 Å². The summed E-state index contributed by atoms with van der Waals surface area (Å²) in [5.41, 5.74) is 1.87. The summed E-state index contributed by atoms with van der Waals surface area (Å²) in [5.74, 6) is -0.444. The number of furan rings is 1. The number of rotatable bonds is 8. The maximum Gasteiger partial charge on any atom is 0.337 e. The van der Waals surface area contributed by atoms with E-state index in [1.807, 2.05) is 0 Å². The van der Waals surface area contributed by atoms with Crippen LogP contribution in [0.4, 0.5) is 0 Å². The van der Waals surface area contributed by atoms with Crippen LogP contribution in [-0.4, -0.2) is 59.2 Å². The molecule has 0 bridgehead atoms. The van der Waals surface area contributed by atoms with Gasteiger partial charge in [-0.25, -0.2) is 9.59 Å². The second kappa shape index (κ2) is 12.4. The highest BCUT2D eigenvalue weighted by Crippen LogP contribution is 2.50. The summed E-state index contributed by atoms with van der Waals surface area (Å²) >= 11 is 0. The number of hydrogen-bond acceptors (Lipinski definition) is 12. The number of carbonyl (C=O) groups is 4. The van der Waals surface area contributed by atoms with Crippen molar-refractivity contribution in [2.75, 3.05) is 35.5 Å². The molecule has 0 radical (unpaired) electrons. The van der Waals surface area contributed by atoms with Crippen molar-refractivity contribution in [2.45, 2.75) is 12.3 Å². The van der Waals surface area contributed by atoms with Crippen LogP contribution >= 0.6 is 0 Å². The summed E-state index contributed by atoms with van der Waals surface area (Å²) in [6.07, 6.45) is 1.43. The molecule has 1 aromatic heterocycles. The van der Waals surface area contributed by atoms with E-state index in [1.165, 1.54) is 59.8 Å². The van der Waals surface area contributed by atoms with Crippen molar-refractivity contribution in [1.29, 1.82) is 0 Å². The molecule has 0 saturated heterocycles. The first kappa shape index (κ1) is 31.0. The van der Waals surface area contributed by atoms with Crippen molar-refractivity contribution in [2.24, 2.45) is 0 Å². The third-order valence-electron chi connectivity index (χ3n) is 7.83. The highest BCUT2D eigenvalue weighted by Gasteiger charge is 2.40. The molecule has 12 nitrogen and oxygen atoms in total. The normalized spacial score (nSPS) is 15.7. The average molecular weight is 641 g/mol. The van der Waals surface area contributed by atoms with Gasteiger partial charge in [-0.3, -0.25) is 9.59 Å². The first-order chi connectivity index (χ1) is 22.7. The van der Waals surface area contributed by atoms with Crippen LogP contribution in [0.3, 0.4) is 0 Å². The number of benzene rings is 3. The third-order valence-corrected chi connectivity index (χ3v) is 7.83. The lowest BCUT2D eigenvalue weighted by atomic mass is 9.88. The lowest BCUT2D eigenvalue weighted by Crippen LogP contribution is -2.21.